The Bertz CT molecular complexity index is 540. The van der Waals surface area contributed by atoms with Gasteiger partial charge in [0.05, 0.1) is 10.7 Å². The van der Waals surface area contributed by atoms with Crippen LogP contribution in [0.4, 0.5) is 17.2 Å². The van der Waals surface area contributed by atoms with Crippen molar-refractivity contribution in [1.82, 2.24) is 4.98 Å². The van der Waals surface area contributed by atoms with Crippen molar-refractivity contribution in [2.45, 2.75) is 6.92 Å². The summed E-state index contributed by atoms with van der Waals surface area (Å²) in [5.74, 6) is 0.708. The molecule has 0 unspecified atom stereocenters. The number of hydrogen-bond acceptors (Lipinski definition) is 3. The van der Waals surface area contributed by atoms with Crippen molar-refractivity contribution in [2.75, 3.05) is 17.7 Å². The number of hydrogen-bond donors (Lipinski definition) is 1. The van der Waals surface area contributed by atoms with E-state index in [1.165, 1.54) is 5.56 Å². The second-order valence-electron chi connectivity index (χ2n) is 3.96. The normalized spacial score (nSPS) is 10.3. The van der Waals surface area contributed by atoms with E-state index in [2.05, 4.69) is 24.0 Å². The number of nitrogens with two attached hydrogens (primary N) is 1. The molecule has 1 heterocycles. The highest BCUT2D eigenvalue weighted by Crippen LogP contribution is 2.28. The molecule has 4 heteroatoms. The van der Waals surface area contributed by atoms with Crippen molar-refractivity contribution < 1.29 is 0 Å². The molecule has 88 valence electrons. The summed E-state index contributed by atoms with van der Waals surface area (Å²) in [5, 5.41) is 0.545. The van der Waals surface area contributed by atoms with Crippen LogP contribution in [-0.4, -0.2) is 12.0 Å². The summed E-state index contributed by atoms with van der Waals surface area (Å²) in [6.07, 6.45) is 1.60. The van der Waals surface area contributed by atoms with Gasteiger partial charge in [-0.3, -0.25) is 0 Å². The highest BCUT2D eigenvalue weighted by Gasteiger charge is 2.09. The molecule has 2 N–H and O–H groups in total. The van der Waals surface area contributed by atoms with Gasteiger partial charge in [0, 0.05) is 18.9 Å². The smallest absolute Gasteiger partial charge is 0.156 e. The van der Waals surface area contributed by atoms with Crippen molar-refractivity contribution in [3.63, 3.8) is 0 Å². The van der Waals surface area contributed by atoms with Gasteiger partial charge in [0.15, 0.2) is 5.82 Å². The molecule has 1 aromatic heterocycles. The Hall–Kier alpha value is -1.74. The molecule has 2 aromatic rings. The zero-order valence-corrected chi connectivity index (χ0v) is 10.6. The van der Waals surface area contributed by atoms with Crippen LogP contribution in [0, 0.1) is 6.92 Å². The fourth-order valence-corrected chi connectivity index (χ4v) is 1.85. The lowest BCUT2D eigenvalue weighted by Gasteiger charge is -2.20. The zero-order valence-electron chi connectivity index (χ0n) is 9.81. The molecular weight excluding hydrogens is 234 g/mol. The Morgan fingerprint density at radius 1 is 1.29 bits per heavy atom. The average Bonchev–Trinajstić information content (AvgIpc) is 2.28. The molecule has 3 nitrogen and oxygen atoms in total. The van der Waals surface area contributed by atoms with Crippen molar-refractivity contribution >= 4 is 28.8 Å². The van der Waals surface area contributed by atoms with Gasteiger partial charge in [-0.05, 0) is 30.7 Å². The molecule has 0 aliphatic heterocycles. The third-order valence-electron chi connectivity index (χ3n) is 2.57. The van der Waals surface area contributed by atoms with Gasteiger partial charge in [-0.2, -0.15) is 0 Å². The molecular formula is C13H14ClN3. The Morgan fingerprint density at radius 3 is 2.71 bits per heavy atom. The fourth-order valence-electron chi connectivity index (χ4n) is 1.69. The molecule has 0 radical (unpaired) electrons. The SMILES string of the molecule is Cc1cccc(N(C)c2ncc(Cl)cc2N)c1. The van der Waals surface area contributed by atoms with Gasteiger partial charge >= 0.3 is 0 Å². The first-order chi connectivity index (χ1) is 8.08. The number of benzene rings is 1. The first-order valence-corrected chi connectivity index (χ1v) is 5.67. The summed E-state index contributed by atoms with van der Waals surface area (Å²) in [6, 6.07) is 9.86. The summed E-state index contributed by atoms with van der Waals surface area (Å²) >= 11 is 5.83. The monoisotopic (exact) mass is 247 g/mol. The average molecular weight is 248 g/mol. The standard InChI is InChI=1S/C13H14ClN3/c1-9-4-3-5-11(6-9)17(2)13-12(15)7-10(14)8-16-13/h3-8H,15H2,1-2H3. The summed E-state index contributed by atoms with van der Waals surface area (Å²) in [7, 11) is 1.93. The first-order valence-electron chi connectivity index (χ1n) is 5.29. The van der Waals surface area contributed by atoms with E-state index >= 15 is 0 Å². The van der Waals surface area contributed by atoms with Crippen LogP contribution in [-0.2, 0) is 0 Å². The van der Waals surface area contributed by atoms with E-state index in [1.54, 1.807) is 12.3 Å². The number of pyridine rings is 1. The maximum absolute atomic E-state index is 5.91. The number of nitrogen functional groups attached to an aromatic ring is 1. The van der Waals surface area contributed by atoms with Gasteiger partial charge < -0.3 is 10.6 Å². The van der Waals surface area contributed by atoms with E-state index in [9.17, 15) is 0 Å². The second kappa shape index (κ2) is 4.63. The molecule has 0 spiro atoms. The maximum Gasteiger partial charge on any atom is 0.156 e. The molecule has 0 fully saturated rings. The Balaban J connectivity index is 2.40. The van der Waals surface area contributed by atoms with E-state index in [1.807, 2.05) is 24.1 Å². The molecule has 0 saturated heterocycles. The lowest BCUT2D eigenvalue weighted by Crippen LogP contribution is -2.13. The minimum atomic E-state index is 0.545. The van der Waals surface area contributed by atoms with Gasteiger partial charge in [-0.15, -0.1) is 0 Å². The van der Waals surface area contributed by atoms with Gasteiger partial charge in [-0.25, -0.2) is 4.98 Å². The third kappa shape index (κ3) is 2.50. The van der Waals surface area contributed by atoms with Crippen LogP contribution in [0.5, 0.6) is 0 Å². The molecule has 0 atom stereocenters. The van der Waals surface area contributed by atoms with E-state index in [0.717, 1.165) is 5.69 Å². The van der Waals surface area contributed by atoms with Gasteiger partial charge in [0.25, 0.3) is 0 Å². The predicted molar refractivity (Wildman–Crippen MR) is 72.9 cm³/mol. The number of aryl methyl sites for hydroxylation is 1. The third-order valence-corrected chi connectivity index (χ3v) is 2.78. The van der Waals surface area contributed by atoms with Crippen LogP contribution in [0.3, 0.4) is 0 Å². The number of rotatable bonds is 2. The minimum Gasteiger partial charge on any atom is -0.396 e. The summed E-state index contributed by atoms with van der Waals surface area (Å²) < 4.78 is 0. The van der Waals surface area contributed by atoms with Crippen LogP contribution < -0.4 is 10.6 Å². The molecule has 0 saturated carbocycles. The summed E-state index contributed by atoms with van der Waals surface area (Å²) in [4.78, 5) is 6.20. The lowest BCUT2D eigenvalue weighted by atomic mass is 10.2. The minimum absolute atomic E-state index is 0.545. The van der Waals surface area contributed by atoms with Gasteiger partial charge in [0.1, 0.15) is 0 Å². The van der Waals surface area contributed by atoms with Crippen LogP contribution >= 0.6 is 11.6 Å². The van der Waals surface area contributed by atoms with Crippen molar-refractivity contribution in [2.24, 2.45) is 0 Å². The first kappa shape index (κ1) is 11.7. The van der Waals surface area contributed by atoms with Crippen molar-refractivity contribution in [3.05, 3.63) is 47.1 Å². The lowest BCUT2D eigenvalue weighted by molar-refractivity contribution is 1.13. The summed E-state index contributed by atoms with van der Waals surface area (Å²) in [5.41, 5.74) is 8.72. The van der Waals surface area contributed by atoms with Crippen molar-refractivity contribution in [3.8, 4) is 0 Å². The predicted octanol–water partition coefficient (Wildman–Crippen LogP) is 3.39. The van der Waals surface area contributed by atoms with E-state index in [0.29, 0.717) is 16.5 Å². The largest absolute Gasteiger partial charge is 0.396 e. The number of anilines is 3. The molecule has 2 rings (SSSR count). The van der Waals surface area contributed by atoms with Crippen molar-refractivity contribution in [1.29, 1.82) is 0 Å². The highest BCUT2D eigenvalue weighted by molar-refractivity contribution is 6.30. The topological polar surface area (TPSA) is 42.2 Å². The second-order valence-corrected chi connectivity index (χ2v) is 4.40. The van der Waals surface area contributed by atoms with Gasteiger partial charge in [0.2, 0.25) is 0 Å². The molecule has 0 aliphatic carbocycles. The maximum atomic E-state index is 5.91. The van der Waals surface area contributed by atoms with Crippen LogP contribution in [0.25, 0.3) is 0 Å². The number of aromatic nitrogens is 1. The van der Waals surface area contributed by atoms with Crippen LogP contribution in [0.1, 0.15) is 5.56 Å². The molecule has 1 aromatic carbocycles. The molecule has 0 amide bonds. The number of nitrogens with zero attached hydrogens (tertiary/aromatic N) is 2. The van der Waals surface area contributed by atoms with E-state index < -0.39 is 0 Å². The zero-order chi connectivity index (χ0) is 12.4. The summed E-state index contributed by atoms with van der Waals surface area (Å²) in [6.45, 7) is 2.05. The van der Waals surface area contributed by atoms with E-state index in [4.69, 9.17) is 17.3 Å². The van der Waals surface area contributed by atoms with Gasteiger partial charge in [-0.1, -0.05) is 23.7 Å². The Morgan fingerprint density at radius 2 is 2.06 bits per heavy atom. The number of halogens is 1. The molecule has 17 heavy (non-hydrogen) atoms. The molecule has 0 aliphatic rings. The van der Waals surface area contributed by atoms with E-state index in [-0.39, 0.29) is 0 Å². The fraction of sp³-hybridized carbons (Fsp3) is 0.154. The highest BCUT2D eigenvalue weighted by atomic mass is 35.5. The quantitative estimate of drug-likeness (QED) is 0.885. The van der Waals surface area contributed by atoms with Crippen LogP contribution in [0.2, 0.25) is 5.02 Å². The van der Waals surface area contributed by atoms with Crippen LogP contribution in [0.15, 0.2) is 36.5 Å². The Labute approximate surface area is 106 Å². The molecule has 0 bridgehead atoms. The Kier molecular flexibility index (Phi) is 3.20.